The maximum absolute atomic E-state index is 14.5. The van der Waals surface area contributed by atoms with Crippen LogP contribution in [-0.2, 0) is 13.0 Å². The minimum atomic E-state index is -0.139. The molecule has 0 unspecified atom stereocenters. The molecule has 4 aromatic rings. The number of aryl methyl sites for hydroxylation is 1. The van der Waals surface area contributed by atoms with Crippen molar-refractivity contribution in [3.8, 4) is 11.3 Å². The number of nitrogens with zero attached hydrogens (tertiary/aromatic N) is 3. The number of para-hydroxylation sites is 1. The first-order valence-corrected chi connectivity index (χ1v) is 16.1. The SMILES string of the molecule is O=C(N[C@H]1CCCc2ccccc21)c1c(CN2CCC(N3CCC(O)CC3)CC2)c(-c2ccccc2)nc2ccccc12. The minimum Gasteiger partial charge on any atom is -0.393 e. The monoisotopic (exact) mass is 574 g/mol. The van der Waals surface area contributed by atoms with Gasteiger partial charge in [0.05, 0.1) is 28.9 Å². The Balaban J connectivity index is 1.23. The molecule has 3 aliphatic rings. The predicted octanol–water partition coefficient (Wildman–Crippen LogP) is 6.13. The summed E-state index contributed by atoms with van der Waals surface area (Å²) in [4.78, 5) is 24.8. The van der Waals surface area contributed by atoms with E-state index in [1.54, 1.807) is 0 Å². The Morgan fingerprint density at radius 2 is 1.56 bits per heavy atom. The number of likely N-dealkylation sites (tertiary alicyclic amines) is 2. The fourth-order valence-corrected chi connectivity index (χ4v) is 7.55. The van der Waals surface area contributed by atoms with E-state index in [1.807, 2.05) is 24.3 Å². The number of piperidine rings is 2. The van der Waals surface area contributed by atoms with Crippen LogP contribution in [0.5, 0.6) is 0 Å². The summed E-state index contributed by atoms with van der Waals surface area (Å²) >= 11 is 0. The molecule has 2 saturated heterocycles. The van der Waals surface area contributed by atoms with Crippen LogP contribution in [0.1, 0.15) is 71.6 Å². The van der Waals surface area contributed by atoms with Gasteiger partial charge in [0, 0.05) is 42.2 Å². The van der Waals surface area contributed by atoms with Crippen molar-refractivity contribution < 1.29 is 9.90 Å². The molecule has 1 amide bonds. The summed E-state index contributed by atoms with van der Waals surface area (Å²) in [5, 5.41) is 14.4. The van der Waals surface area contributed by atoms with Gasteiger partial charge < -0.3 is 15.3 Å². The van der Waals surface area contributed by atoms with Crippen molar-refractivity contribution in [2.45, 2.75) is 69.7 Å². The van der Waals surface area contributed by atoms with Crippen molar-refractivity contribution >= 4 is 16.8 Å². The molecule has 7 rings (SSSR count). The van der Waals surface area contributed by atoms with Crippen molar-refractivity contribution in [1.29, 1.82) is 0 Å². The normalized spacial score (nSPS) is 20.6. The van der Waals surface area contributed by atoms with Gasteiger partial charge >= 0.3 is 0 Å². The van der Waals surface area contributed by atoms with Gasteiger partial charge in [0.25, 0.3) is 5.91 Å². The molecule has 0 bridgehead atoms. The van der Waals surface area contributed by atoms with E-state index in [0.29, 0.717) is 12.6 Å². The van der Waals surface area contributed by atoms with Gasteiger partial charge in [-0.05, 0) is 75.2 Å². The number of amides is 1. The highest BCUT2D eigenvalue weighted by Gasteiger charge is 2.31. The number of fused-ring (bicyclic) bond motifs is 2. The van der Waals surface area contributed by atoms with E-state index in [9.17, 15) is 9.90 Å². The molecule has 2 N–H and O–H groups in total. The summed E-state index contributed by atoms with van der Waals surface area (Å²) in [6, 6.07) is 27.6. The lowest BCUT2D eigenvalue weighted by atomic mass is 9.87. The second kappa shape index (κ2) is 12.6. The third-order valence-corrected chi connectivity index (χ3v) is 9.90. The maximum Gasteiger partial charge on any atom is 0.252 e. The third kappa shape index (κ3) is 5.97. The maximum atomic E-state index is 14.5. The number of benzene rings is 3. The Labute approximate surface area is 254 Å². The number of nitrogens with one attached hydrogen (secondary N) is 1. The lowest BCUT2D eigenvalue weighted by molar-refractivity contribution is 0.0375. The molecule has 1 aromatic heterocycles. The van der Waals surface area contributed by atoms with Gasteiger partial charge in [-0.1, -0.05) is 72.8 Å². The molecule has 1 atom stereocenters. The average molecular weight is 575 g/mol. The van der Waals surface area contributed by atoms with E-state index in [1.165, 1.54) is 11.1 Å². The van der Waals surface area contributed by atoms with Crippen molar-refractivity contribution in [1.82, 2.24) is 20.1 Å². The highest BCUT2D eigenvalue weighted by molar-refractivity contribution is 6.09. The average Bonchev–Trinajstić information content (AvgIpc) is 3.06. The van der Waals surface area contributed by atoms with Crippen LogP contribution in [-0.4, -0.2) is 64.1 Å². The van der Waals surface area contributed by atoms with Gasteiger partial charge in [0.2, 0.25) is 0 Å². The number of rotatable bonds is 6. The zero-order valence-corrected chi connectivity index (χ0v) is 24.9. The largest absolute Gasteiger partial charge is 0.393 e. The molecule has 3 heterocycles. The lowest BCUT2D eigenvalue weighted by Gasteiger charge is -2.41. The molecule has 0 spiro atoms. The smallest absolute Gasteiger partial charge is 0.252 e. The number of hydrogen-bond acceptors (Lipinski definition) is 5. The van der Waals surface area contributed by atoms with Crippen molar-refractivity contribution in [3.05, 3.63) is 101 Å². The van der Waals surface area contributed by atoms with E-state index >= 15 is 0 Å². The van der Waals surface area contributed by atoms with Gasteiger partial charge in [-0.15, -0.1) is 0 Å². The first kappa shape index (κ1) is 28.2. The van der Waals surface area contributed by atoms with E-state index in [4.69, 9.17) is 4.98 Å². The summed E-state index contributed by atoms with van der Waals surface area (Å²) < 4.78 is 0. The topological polar surface area (TPSA) is 68.7 Å². The fraction of sp³-hybridized carbons (Fsp3) is 0.405. The summed E-state index contributed by atoms with van der Waals surface area (Å²) in [6.45, 7) is 4.65. The highest BCUT2D eigenvalue weighted by atomic mass is 16.3. The molecular formula is C37H42N4O2. The van der Waals surface area contributed by atoms with Crippen molar-refractivity contribution in [2.24, 2.45) is 0 Å². The summed E-state index contributed by atoms with van der Waals surface area (Å²) in [5.74, 6) is -0.00533. The van der Waals surface area contributed by atoms with Crippen LogP contribution in [0.15, 0.2) is 78.9 Å². The van der Waals surface area contributed by atoms with Gasteiger partial charge in [0.15, 0.2) is 0 Å². The first-order valence-electron chi connectivity index (χ1n) is 16.1. The Hall–Kier alpha value is -3.58. The van der Waals surface area contributed by atoms with Crippen molar-refractivity contribution in [3.63, 3.8) is 0 Å². The molecule has 3 aromatic carbocycles. The number of aromatic nitrogens is 1. The number of aliphatic hydroxyl groups is 1. The number of carbonyl (C=O) groups excluding carboxylic acids is 1. The second-order valence-corrected chi connectivity index (χ2v) is 12.6. The zero-order valence-electron chi connectivity index (χ0n) is 24.9. The van der Waals surface area contributed by atoms with Crippen molar-refractivity contribution in [2.75, 3.05) is 26.2 Å². The third-order valence-electron chi connectivity index (χ3n) is 9.90. The number of carbonyl (C=O) groups is 1. The molecular weight excluding hydrogens is 532 g/mol. The molecule has 2 aliphatic heterocycles. The van der Waals surface area contributed by atoms with Crippen LogP contribution in [0.3, 0.4) is 0 Å². The molecule has 222 valence electrons. The van der Waals surface area contributed by atoms with Gasteiger partial charge in [-0.25, -0.2) is 4.98 Å². The Morgan fingerprint density at radius 3 is 2.37 bits per heavy atom. The molecule has 43 heavy (non-hydrogen) atoms. The molecule has 2 fully saturated rings. The van der Waals surface area contributed by atoms with Crippen LogP contribution < -0.4 is 5.32 Å². The van der Waals surface area contributed by atoms with Gasteiger partial charge in [-0.3, -0.25) is 9.69 Å². The Morgan fingerprint density at radius 1 is 0.837 bits per heavy atom. The lowest BCUT2D eigenvalue weighted by Crippen LogP contribution is -2.48. The zero-order chi connectivity index (χ0) is 29.2. The highest BCUT2D eigenvalue weighted by Crippen LogP contribution is 2.35. The molecule has 6 nitrogen and oxygen atoms in total. The summed E-state index contributed by atoms with van der Waals surface area (Å²) in [7, 11) is 0. The van der Waals surface area contributed by atoms with Crippen LogP contribution in [0.2, 0.25) is 0 Å². The van der Waals surface area contributed by atoms with Crippen LogP contribution in [0.4, 0.5) is 0 Å². The van der Waals surface area contributed by atoms with E-state index in [0.717, 1.165) is 104 Å². The van der Waals surface area contributed by atoms with Gasteiger partial charge in [0.1, 0.15) is 0 Å². The second-order valence-electron chi connectivity index (χ2n) is 12.6. The number of hydrogen-bond donors (Lipinski definition) is 2. The van der Waals surface area contributed by atoms with Crippen LogP contribution in [0.25, 0.3) is 22.2 Å². The quantitative estimate of drug-likeness (QED) is 0.290. The summed E-state index contributed by atoms with van der Waals surface area (Å²) in [5.41, 5.74) is 7.17. The number of pyridine rings is 1. The van der Waals surface area contributed by atoms with E-state index < -0.39 is 0 Å². The van der Waals surface area contributed by atoms with E-state index in [-0.39, 0.29) is 18.1 Å². The molecule has 0 radical (unpaired) electrons. The fourth-order valence-electron chi connectivity index (χ4n) is 7.55. The first-order chi connectivity index (χ1) is 21.1. The summed E-state index contributed by atoms with van der Waals surface area (Å²) in [6.07, 6.45) is 6.94. The predicted molar refractivity (Wildman–Crippen MR) is 172 cm³/mol. The molecule has 0 saturated carbocycles. The Bertz CT molecular complexity index is 1570. The number of aliphatic hydroxyl groups excluding tert-OH is 1. The Kier molecular flexibility index (Phi) is 8.25. The molecule has 6 heteroatoms. The standard InChI is InChI=1S/C37H42N4O2/c42-29-19-23-41(24-20-29)28-17-21-40(22-18-28)25-32-35(37(43)39-33-16-8-12-26-9-4-5-13-30(26)33)31-14-6-7-15-34(31)38-36(32)27-10-2-1-3-11-27/h1-7,9-11,13-15,28-29,33,42H,8,12,16-25H2,(H,39,43)/t33-/m0/s1. The van der Waals surface area contributed by atoms with Crippen LogP contribution >= 0.6 is 0 Å². The van der Waals surface area contributed by atoms with Gasteiger partial charge in [-0.2, -0.15) is 0 Å². The minimum absolute atomic E-state index is 0.00533. The van der Waals surface area contributed by atoms with Crippen LogP contribution in [0, 0.1) is 0 Å². The molecule has 1 aliphatic carbocycles. The van der Waals surface area contributed by atoms with E-state index in [2.05, 4.69) is 69.7 Å².